The number of rotatable bonds is 5. The van der Waals surface area contributed by atoms with Crippen molar-refractivity contribution in [2.45, 2.75) is 0 Å². The van der Waals surface area contributed by atoms with E-state index in [1.807, 2.05) is 0 Å². The molecule has 12 heteroatoms. The van der Waals surface area contributed by atoms with Gasteiger partial charge in [-0.2, -0.15) is 0 Å². The largest absolute Gasteiger partial charge is 1.00 e. The summed E-state index contributed by atoms with van der Waals surface area (Å²) >= 11 is 2.29. The summed E-state index contributed by atoms with van der Waals surface area (Å²) in [5.41, 5.74) is 0. The molecular weight excluding hydrogens is 298 g/mol. The summed E-state index contributed by atoms with van der Waals surface area (Å²) in [4.78, 5) is 0. The molecule has 0 bridgehead atoms. The fraction of sp³-hybridized carbons (Fsp3) is 0.750. The van der Waals surface area contributed by atoms with E-state index in [9.17, 15) is 21.7 Å². The Kier molecular flexibility index (Phi) is 16.8. The molecule has 0 fully saturated rings. The van der Waals surface area contributed by atoms with Crippen molar-refractivity contribution in [3.05, 3.63) is 0 Å². The molecule has 0 saturated carbocycles. The molecule has 1 atom stereocenters. The zero-order valence-electron chi connectivity index (χ0n) is 8.89. The maximum absolute atomic E-state index is 10.1. The van der Waals surface area contributed by atoms with Gasteiger partial charge in [0.25, 0.3) is 0 Å². The van der Waals surface area contributed by atoms with Crippen LogP contribution in [0.4, 0.5) is 0 Å². The Hall–Kier alpha value is 1.71. The van der Waals surface area contributed by atoms with E-state index in [0.717, 1.165) is 0 Å². The number of nitrogens with one attached hydrogen (secondary N) is 2. The molecule has 16 heavy (non-hydrogen) atoms. The molecule has 0 aliphatic heterocycles. The van der Waals surface area contributed by atoms with Crippen LogP contribution in [-0.4, -0.2) is 45.0 Å². The molecular formula is C4H8N2Na2O5S3. The van der Waals surface area contributed by atoms with Gasteiger partial charge in [-0.3, -0.25) is 4.21 Å². The fourth-order valence-corrected chi connectivity index (χ4v) is 1.36. The molecule has 0 aromatic heterocycles. The van der Waals surface area contributed by atoms with Crippen LogP contribution in [0.1, 0.15) is 0 Å². The third kappa shape index (κ3) is 18.1. The quantitative estimate of drug-likeness (QED) is 0.222. The Labute approximate surface area is 146 Å². The van der Waals surface area contributed by atoms with Gasteiger partial charge in [0.15, 0.2) is 5.11 Å². The van der Waals surface area contributed by atoms with Crippen LogP contribution in [0.3, 0.4) is 0 Å². The van der Waals surface area contributed by atoms with E-state index in [0.29, 0.717) is 0 Å². The van der Waals surface area contributed by atoms with Gasteiger partial charge in [-0.1, -0.05) is 0 Å². The third-order valence-electron chi connectivity index (χ3n) is 0.988. The average Bonchev–Trinajstić information content (AvgIpc) is 1.98. The molecule has 0 aliphatic rings. The monoisotopic (exact) mass is 306 g/mol. The van der Waals surface area contributed by atoms with Crippen molar-refractivity contribution in [2.75, 3.05) is 18.2 Å². The van der Waals surface area contributed by atoms with E-state index < -0.39 is 27.0 Å². The van der Waals surface area contributed by atoms with Gasteiger partial charge in [-0.05, 0) is 23.3 Å². The number of hydrogen-bond acceptors (Lipinski definition) is 6. The molecule has 7 nitrogen and oxygen atoms in total. The van der Waals surface area contributed by atoms with Crippen molar-refractivity contribution in [3.63, 3.8) is 0 Å². The van der Waals surface area contributed by atoms with E-state index in [2.05, 4.69) is 22.9 Å². The number of thiocarbonyl (C=S) groups is 1. The molecule has 0 heterocycles. The summed E-state index contributed by atoms with van der Waals surface area (Å²) in [6, 6.07) is 0. The second-order valence-corrected chi connectivity index (χ2v) is 4.97. The summed E-state index contributed by atoms with van der Waals surface area (Å²) in [7, 11) is -4.27. The van der Waals surface area contributed by atoms with Gasteiger partial charge in [-0.25, -0.2) is 8.42 Å². The molecule has 0 saturated heterocycles. The predicted molar refractivity (Wildman–Crippen MR) is 52.1 cm³/mol. The first-order valence-corrected chi connectivity index (χ1v) is 6.55. The molecule has 0 rings (SSSR count). The predicted octanol–water partition coefficient (Wildman–Crippen LogP) is -8.16. The van der Waals surface area contributed by atoms with Gasteiger partial charge in [-0.15, -0.1) is 0 Å². The molecule has 0 aliphatic carbocycles. The Balaban J connectivity index is -0.000000845. The molecule has 0 radical (unpaired) electrons. The van der Waals surface area contributed by atoms with E-state index in [4.69, 9.17) is 0 Å². The zero-order valence-corrected chi connectivity index (χ0v) is 15.3. The van der Waals surface area contributed by atoms with Crippen molar-refractivity contribution in [3.8, 4) is 0 Å². The standard InChI is InChI=1S/C4H10N2O5S3.2Na/c7-13(8)3-6-4(12)5-1-2-14(9,10)11;;/h1-3H2,(H,7,8)(H2,5,6,12)(H,9,10,11);;/q;2*+1/p-2. The van der Waals surface area contributed by atoms with Crippen molar-refractivity contribution in [1.29, 1.82) is 0 Å². The Morgan fingerprint density at radius 3 is 2.19 bits per heavy atom. The van der Waals surface area contributed by atoms with Crippen LogP contribution in [0.2, 0.25) is 0 Å². The van der Waals surface area contributed by atoms with Gasteiger partial charge in [0.2, 0.25) is 0 Å². The molecule has 0 amide bonds. The Morgan fingerprint density at radius 1 is 1.31 bits per heavy atom. The Bertz CT molecular complexity index is 322. The first kappa shape index (κ1) is 22.9. The van der Waals surface area contributed by atoms with Crippen molar-refractivity contribution in [1.82, 2.24) is 10.6 Å². The first-order valence-electron chi connectivity index (χ1n) is 3.32. The first-order chi connectivity index (χ1) is 6.31. The number of hydrogen-bond donors (Lipinski definition) is 2. The van der Waals surface area contributed by atoms with E-state index in [-0.39, 0.29) is 76.6 Å². The van der Waals surface area contributed by atoms with E-state index in [1.165, 1.54) is 0 Å². The normalized spacial score (nSPS) is 11.6. The van der Waals surface area contributed by atoms with Crippen LogP contribution in [-0.2, 0) is 21.2 Å². The second-order valence-electron chi connectivity index (χ2n) is 2.14. The van der Waals surface area contributed by atoms with E-state index in [1.54, 1.807) is 0 Å². The van der Waals surface area contributed by atoms with Crippen LogP contribution in [0, 0.1) is 0 Å². The topological polar surface area (TPSA) is 121 Å². The molecule has 2 N–H and O–H groups in total. The third-order valence-corrected chi connectivity index (χ3v) is 2.36. The minimum absolute atomic E-state index is 0. The van der Waals surface area contributed by atoms with Crippen molar-refractivity contribution >= 4 is 38.5 Å². The van der Waals surface area contributed by atoms with Gasteiger partial charge < -0.3 is 19.7 Å². The Morgan fingerprint density at radius 2 is 1.81 bits per heavy atom. The van der Waals surface area contributed by atoms with Gasteiger partial charge >= 0.3 is 59.1 Å². The smallest absolute Gasteiger partial charge is 0.771 e. The van der Waals surface area contributed by atoms with Crippen LogP contribution >= 0.6 is 12.2 Å². The SMILES string of the molecule is O=S([O-])CNC(=S)NCCS(=O)(=O)[O-].[Na+].[Na+]. The molecule has 0 aromatic carbocycles. The summed E-state index contributed by atoms with van der Waals surface area (Å²) in [5, 5.41) is 4.63. The fourth-order valence-electron chi connectivity index (χ4n) is 0.477. The minimum atomic E-state index is -4.27. The van der Waals surface area contributed by atoms with Crippen molar-refractivity contribution < 1.29 is 80.8 Å². The molecule has 84 valence electrons. The van der Waals surface area contributed by atoms with Crippen LogP contribution in [0.25, 0.3) is 0 Å². The van der Waals surface area contributed by atoms with Gasteiger partial charge in [0.1, 0.15) is 0 Å². The van der Waals surface area contributed by atoms with Crippen LogP contribution < -0.4 is 69.7 Å². The maximum Gasteiger partial charge on any atom is 1.00 e. The molecule has 0 spiro atoms. The molecule has 1 unspecified atom stereocenters. The maximum atomic E-state index is 10.1. The minimum Gasteiger partial charge on any atom is -0.771 e. The second kappa shape index (κ2) is 11.8. The van der Waals surface area contributed by atoms with Crippen LogP contribution in [0.15, 0.2) is 0 Å². The summed E-state index contributed by atoms with van der Waals surface area (Å²) < 4.78 is 50.4. The van der Waals surface area contributed by atoms with E-state index >= 15 is 0 Å². The average molecular weight is 306 g/mol. The summed E-state index contributed by atoms with van der Waals surface area (Å²) in [5.74, 6) is -0.967. The summed E-state index contributed by atoms with van der Waals surface area (Å²) in [6.07, 6.45) is 0. The van der Waals surface area contributed by atoms with Gasteiger partial charge in [0.05, 0.1) is 21.7 Å². The van der Waals surface area contributed by atoms with Gasteiger partial charge in [0, 0.05) is 6.54 Å². The van der Waals surface area contributed by atoms with Crippen LogP contribution in [0.5, 0.6) is 0 Å². The summed E-state index contributed by atoms with van der Waals surface area (Å²) in [6.45, 7) is -0.150. The zero-order chi connectivity index (χ0) is 11.2. The van der Waals surface area contributed by atoms with Crippen molar-refractivity contribution in [2.24, 2.45) is 0 Å². The molecule has 0 aromatic rings.